The summed E-state index contributed by atoms with van der Waals surface area (Å²) in [5.41, 5.74) is 6.49. The van der Waals surface area contributed by atoms with Crippen molar-refractivity contribution in [2.24, 2.45) is 0 Å². The molecule has 1 atom stereocenters. The van der Waals surface area contributed by atoms with E-state index in [4.69, 9.17) is 20.3 Å². The highest BCUT2D eigenvalue weighted by molar-refractivity contribution is 5.67. The zero-order chi connectivity index (χ0) is 13.7. The maximum Gasteiger partial charge on any atom is 0.242 e. The molecule has 0 bridgehead atoms. The molecule has 1 fully saturated rings. The minimum Gasteiger partial charge on any atom is -0.476 e. The lowest BCUT2D eigenvalue weighted by Gasteiger charge is -2.33. The zero-order valence-corrected chi connectivity index (χ0v) is 11.1. The number of nitrogens with two attached hydrogens (primary N) is 1. The summed E-state index contributed by atoms with van der Waals surface area (Å²) in [4.78, 5) is 10.2. The van der Waals surface area contributed by atoms with E-state index >= 15 is 0 Å². The second kappa shape index (κ2) is 6.53. The molecule has 2 rings (SSSR count). The monoisotopic (exact) mass is 268 g/mol. The maximum absolute atomic E-state index is 9.16. The van der Waals surface area contributed by atoms with Gasteiger partial charge in [-0.1, -0.05) is 6.92 Å². The molecule has 2 heterocycles. The molecule has 106 valence electrons. The van der Waals surface area contributed by atoms with Crippen molar-refractivity contribution in [3.8, 4) is 5.88 Å². The fourth-order valence-electron chi connectivity index (χ4n) is 1.96. The van der Waals surface area contributed by atoms with Gasteiger partial charge in [-0.05, 0) is 6.42 Å². The Bertz CT molecular complexity index is 416. The van der Waals surface area contributed by atoms with Crippen LogP contribution in [-0.2, 0) is 4.74 Å². The molecule has 0 aromatic carbocycles. The number of anilines is 2. The molecule has 1 aliphatic heterocycles. The second-order valence-electron chi connectivity index (χ2n) is 4.39. The molecule has 7 nitrogen and oxygen atoms in total. The quantitative estimate of drug-likeness (QED) is 0.779. The van der Waals surface area contributed by atoms with Crippen LogP contribution in [0, 0.1) is 0 Å². The number of aromatic nitrogens is 2. The highest BCUT2D eigenvalue weighted by atomic mass is 16.5. The van der Waals surface area contributed by atoms with Crippen molar-refractivity contribution in [1.82, 2.24) is 9.97 Å². The van der Waals surface area contributed by atoms with Crippen LogP contribution in [0.3, 0.4) is 0 Å². The van der Waals surface area contributed by atoms with E-state index in [0.717, 1.165) is 6.42 Å². The Morgan fingerprint density at radius 1 is 1.58 bits per heavy atom. The van der Waals surface area contributed by atoms with E-state index in [1.807, 2.05) is 11.8 Å². The lowest BCUT2D eigenvalue weighted by Crippen LogP contribution is -2.44. The molecule has 7 heteroatoms. The average molecular weight is 268 g/mol. The van der Waals surface area contributed by atoms with Gasteiger partial charge in [-0.25, -0.2) is 4.98 Å². The Labute approximate surface area is 112 Å². The van der Waals surface area contributed by atoms with E-state index < -0.39 is 0 Å². The molecule has 0 spiro atoms. The van der Waals surface area contributed by atoms with Crippen molar-refractivity contribution in [1.29, 1.82) is 0 Å². The summed E-state index contributed by atoms with van der Waals surface area (Å²) in [6.07, 6.45) is 2.13. The van der Waals surface area contributed by atoms with Crippen molar-refractivity contribution in [3.05, 3.63) is 6.33 Å². The molecule has 0 radical (unpaired) electrons. The molecule has 1 aromatic heterocycles. The number of aliphatic hydroxyl groups excluding tert-OH is 1. The highest BCUT2D eigenvalue weighted by Crippen LogP contribution is 2.28. The van der Waals surface area contributed by atoms with Crippen molar-refractivity contribution in [3.63, 3.8) is 0 Å². The lowest BCUT2D eigenvalue weighted by molar-refractivity contribution is 0.00338. The SMILES string of the molecule is CCCOc1ncnc(N2CCOC(CO)C2)c1N. The molecule has 0 amide bonds. The van der Waals surface area contributed by atoms with Gasteiger partial charge in [0.25, 0.3) is 0 Å². The minimum atomic E-state index is -0.205. The molecule has 1 saturated heterocycles. The number of morpholine rings is 1. The Kier molecular flexibility index (Phi) is 4.75. The number of hydrogen-bond acceptors (Lipinski definition) is 7. The first-order valence-corrected chi connectivity index (χ1v) is 6.47. The molecular formula is C12H20N4O3. The fraction of sp³-hybridized carbons (Fsp3) is 0.667. The predicted octanol–water partition coefficient (Wildman–Crippen LogP) is 0.0451. The molecule has 1 aliphatic rings. The second-order valence-corrected chi connectivity index (χ2v) is 4.39. The van der Waals surface area contributed by atoms with Gasteiger partial charge in [-0.3, -0.25) is 0 Å². The smallest absolute Gasteiger partial charge is 0.242 e. The van der Waals surface area contributed by atoms with Crippen LogP contribution in [0.1, 0.15) is 13.3 Å². The van der Waals surface area contributed by atoms with E-state index in [2.05, 4.69) is 9.97 Å². The molecule has 0 aliphatic carbocycles. The summed E-state index contributed by atoms with van der Waals surface area (Å²) < 4.78 is 10.9. The number of aliphatic hydroxyl groups is 1. The first-order valence-electron chi connectivity index (χ1n) is 6.47. The third-order valence-electron chi connectivity index (χ3n) is 2.91. The van der Waals surface area contributed by atoms with Gasteiger partial charge in [0.15, 0.2) is 5.82 Å². The standard InChI is InChI=1S/C12H20N4O3/c1-2-4-19-12-10(13)11(14-8-15-12)16-3-5-18-9(6-16)7-17/h8-9,17H,2-7,13H2,1H3. The Morgan fingerprint density at radius 2 is 2.42 bits per heavy atom. The third kappa shape index (κ3) is 3.24. The van der Waals surface area contributed by atoms with Gasteiger partial charge in [0.05, 0.1) is 25.9 Å². The summed E-state index contributed by atoms with van der Waals surface area (Å²) in [5.74, 6) is 1.06. The molecule has 19 heavy (non-hydrogen) atoms. The van der Waals surface area contributed by atoms with E-state index in [1.165, 1.54) is 6.33 Å². The summed E-state index contributed by atoms with van der Waals surface area (Å²) >= 11 is 0. The van der Waals surface area contributed by atoms with E-state index in [9.17, 15) is 0 Å². The Balaban J connectivity index is 2.14. The van der Waals surface area contributed by atoms with Crippen LogP contribution in [0.25, 0.3) is 0 Å². The van der Waals surface area contributed by atoms with Gasteiger partial charge in [0, 0.05) is 13.1 Å². The predicted molar refractivity (Wildman–Crippen MR) is 71.3 cm³/mol. The molecule has 1 unspecified atom stereocenters. The van der Waals surface area contributed by atoms with Gasteiger partial charge in [-0.2, -0.15) is 4.98 Å². The summed E-state index contributed by atoms with van der Waals surface area (Å²) in [6.45, 7) is 4.37. The lowest BCUT2D eigenvalue weighted by atomic mass is 10.2. The van der Waals surface area contributed by atoms with Crippen LogP contribution in [0.2, 0.25) is 0 Å². The van der Waals surface area contributed by atoms with Gasteiger partial charge in [0.2, 0.25) is 5.88 Å². The van der Waals surface area contributed by atoms with Gasteiger partial charge >= 0.3 is 0 Å². The maximum atomic E-state index is 9.16. The number of hydrogen-bond donors (Lipinski definition) is 2. The van der Waals surface area contributed by atoms with E-state index in [1.54, 1.807) is 0 Å². The summed E-state index contributed by atoms with van der Waals surface area (Å²) in [5, 5.41) is 9.16. The van der Waals surface area contributed by atoms with Crippen LogP contribution in [0.5, 0.6) is 5.88 Å². The summed E-state index contributed by atoms with van der Waals surface area (Å²) in [7, 11) is 0. The Hall–Kier alpha value is -1.60. The number of ether oxygens (including phenoxy) is 2. The zero-order valence-electron chi connectivity index (χ0n) is 11.1. The van der Waals surface area contributed by atoms with Crippen LogP contribution in [-0.4, -0.2) is 54.1 Å². The first-order chi connectivity index (χ1) is 9.26. The molecular weight excluding hydrogens is 248 g/mol. The third-order valence-corrected chi connectivity index (χ3v) is 2.91. The fourth-order valence-corrected chi connectivity index (χ4v) is 1.96. The normalized spacial score (nSPS) is 19.5. The molecule has 0 saturated carbocycles. The largest absolute Gasteiger partial charge is 0.476 e. The number of nitrogen functional groups attached to an aromatic ring is 1. The highest BCUT2D eigenvalue weighted by Gasteiger charge is 2.23. The van der Waals surface area contributed by atoms with Crippen molar-refractivity contribution in [2.75, 3.05) is 43.5 Å². The minimum absolute atomic E-state index is 0.0132. The van der Waals surface area contributed by atoms with Crippen molar-refractivity contribution >= 4 is 11.5 Å². The van der Waals surface area contributed by atoms with Crippen LogP contribution >= 0.6 is 0 Å². The molecule has 3 N–H and O–H groups in total. The molecule has 1 aromatic rings. The van der Waals surface area contributed by atoms with Crippen molar-refractivity contribution < 1.29 is 14.6 Å². The van der Waals surface area contributed by atoms with E-state index in [-0.39, 0.29) is 12.7 Å². The topological polar surface area (TPSA) is 93.7 Å². The number of rotatable bonds is 5. The summed E-state index contributed by atoms with van der Waals surface area (Å²) in [6, 6.07) is 0. The Morgan fingerprint density at radius 3 is 3.16 bits per heavy atom. The van der Waals surface area contributed by atoms with E-state index in [0.29, 0.717) is 43.7 Å². The van der Waals surface area contributed by atoms with Crippen molar-refractivity contribution in [2.45, 2.75) is 19.4 Å². The number of nitrogens with zero attached hydrogens (tertiary/aromatic N) is 3. The van der Waals surface area contributed by atoms with Gasteiger partial charge in [-0.15, -0.1) is 0 Å². The van der Waals surface area contributed by atoms with Crippen LogP contribution in [0.4, 0.5) is 11.5 Å². The first kappa shape index (κ1) is 13.8. The van der Waals surface area contributed by atoms with Gasteiger partial charge < -0.3 is 25.2 Å². The van der Waals surface area contributed by atoms with Crippen LogP contribution < -0.4 is 15.4 Å². The average Bonchev–Trinajstić information content (AvgIpc) is 2.46. The van der Waals surface area contributed by atoms with Gasteiger partial charge in [0.1, 0.15) is 12.0 Å². The van der Waals surface area contributed by atoms with Crippen LogP contribution in [0.15, 0.2) is 6.33 Å².